The van der Waals surface area contributed by atoms with Crippen molar-refractivity contribution in [1.29, 1.82) is 0 Å². The van der Waals surface area contributed by atoms with Crippen LogP contribution in [-0.4, -0.2) is 48.5 Å². The highest BCUT2D eigenvalue weighted by Crippen LogP contribution is 2.26. The average molecular weight is 415 g/mol. The van der Waals surface area contributed by atoms with E-state index < -0.39 is 6.61 Å². The molecule has 0 aliphatic carbocycles. The fraction of sp³-hybridized carbons (Fsp3) is 0.316. The topological polar surface area (TPSA) is 32.8 Å². The van der Waals surface area contributed by atoms with Crippen LogP contribution in [0.3, 0.4) is 0 Å². The number of hydrogen-bond acceptors (Lipinski definition) is 3. The van der Waals surface area contributed by atoms with E-state index >= 15 is 0 Å². The molecule has 0 aromatic heterocycles. The zero-order valence-electron chi connectivity index (χ0n) is 14.4. The molecular weight excluding hydrogens is 397 g/mol. The predicted octanol–water partition coefficient (Wildman–Crippen LogP) is 4.55. The van der Waals surface area contributed by atoms with Crippen molar-refractivity contribution in [3.05, 3.63) is 63.6 Å². The Morgan fingerprint density at radius 1 is 1.04 bits per heavy atom. The molecule has 0 bridgehead atoms. The molecule has 3 rings (SSSR count). The minimum Gasteiger partial charge on any atom is -0.435 e. The molecule has 0 saturated carbocycles. The number of rotatable bonds is 5. The van der Waals surface area contributed by atoms with Gasteiger partial charge in [-0.25, -0.2) is 0 Å². The van der Waals surface area contributed by atoms with Crippen molar-refractivity contribution in [1.82, 2.24) is 9.80 Å². The first-order chi connectivity index (χ1) is 12.9. The number of ether oxygens (including phenoxy) is 1. The largest absolute Gasteiger partial charge is 0.435 e. The second-order valence-corrected chi connectivity index (χ2v) is 6.99. The molecule has 1 fully saturated rings. The number of halogens is 4. The lowest BCUT2D eigenvalue weighted by Crippen LogP contribution is -2.48. The molecule has 0 N–H and O–H groups in total. The van der Waals surface area contributed by atoms with Crippen LogP contribution in [0.25, 0.3) is 0 Å². The van der Waals surface area contributed by atoms with E-state index in [-0.39, 0.29) is 11.7 Å². The maximum Gasteiger partial charge on any atom is 0.387 e. The first-order valence-corrected chi connectivity index (χ1v) is 9.19. The second-order valence-electron chi connectivity index (χ2n) is 6.17. The molecule has 0 atom stereocenters. The third-order valence-electron chi connectivity index (χ3n) is 4.41. The van der Waals surface area contributed by atoms with E-state index in [2.05, 4.69) is 9.64 Å². The Balaban J connectivity index is 1.60. The van der Waals surface area contributed by atoms with Crippen LogP contribution in [0.15, 0.2) is 42.5 Å². The summed E-state index contributed by atoms with van der Waals surface area (Å²) >= 11 is 12.4. The third kappa shape index (κ3) is 5.09. The van der Waals surface area contributed by atoms with E-state index in [0.717, 1.165) is 5.56 Å². The molecule has 1 aliphatic heterocycles. The number of alkyl halides is 2. The minimum atomic E-state index is -2.92. The van der Waals surface area contributed by atoms with Gasteiger partial charge in [0.1, 0.15) is 5.75 Å². The molecule has 8 heteroatoms. The molecule has 2 aromatic rings. The van der Waals surface area contributed by atoms with Crippen molar-refractivity contribution in [3.63, 3.8) is 0 Å². The highest BCUT2D eigenvalue weighted by atomic mass is 35.5. The van der Waals surface area contributed by atoms with Crippen LogP contribution >= 0.6 is 23.2 Å². The Morgan fingerprint density at radius 2 is 1.67 bits per heavy atom. The lowest BCUT2D eigenvalue weighted by molar-refractivity contribution is -0.0499. The lowest BCUT2D eigenvalue weighted by atomic mass is 10.1. The summed E-state index contributed by atoms with van der Waals surface area (Å²) < 4.78 is 29.1. The van der Waals surface area contributed by atoms with Crippen molar-refractivity contribution >= 4 is 29.1 Å². The fourth-order valence-electron chi connectivity index (χ4n) is 3.00. The maximum atomic E-state index is 12.6. The van der Waals surface area contributed by atoms with Crippen LogP contribution in [0.5, 0.6) is 5.75 Å². The summed E-state index contributed by atoms with van der Waals surface area (Å²) in [4.78, 5) is 16.5. The van der Waals surface area contributed by atoms with Crippen LogP contribution in [0.4, 0.5) is 8.78 Å². The van der Waals surface area contributed by atoms with Gasteiger partial charge in [0.15, 0.2) is 0 Å². The van der Waals surface area contributed by atoms with Gasteiger partial charge in [0.2, 0.25) is 0 Å². The van der Waals surface area contributed by atoms with Crippen molar-refractivity contribution in [3.8, 4) is 5.75 Å². The molecule has 0 radical (unpaired) electrons. The molecule has 0 unspecified atom stereocenters. The number of nitrogens with zero attached hydrogens (tertiary/aromatic N) is 2. The molecule has 1 aliphatic rings. The first-order valence-electron chi connectivity index (χ1n) is 8.43. The van der Waals surface area contributed by atoms with Gasteiger partial charge in [-0.15, -0.1) is 0 Å². The van der Waals surface area contributed by atoms with E-state index in [1.54, 1.807) is 29.2 Å². The quantitative estimate of drug-likeness (QED) is 0.718. The Hall–Kier alpha value is -1.89. The van der Waals surface area contributed by atoms with E-state index in [1.807, 2.05) is 0 Å². The molecule has 0 spiro atoms. The number of carbonyl (C=O) groups excluding carboxylic acids is 1. The summed E-state index contributed by atoms with van der Waals surface area (Å²) in [6.07, 6.45) is 0. The second kappa shape index (κ2) is 8.87. The van der Waals surface area contributed by atoms with Gasteiger partial charge in [-0.05, 0) is 30.3 Å². The van der Waals surface area contributed by atoms with E-state index in [0.29, 0.717) is 48.3 Å². The molecule has 2 aromatic carbocycles. The van der Waals surface area contributed by atoms with Crippen molar-refractivity contribution in [2.24, 2.45) is 0 Å². The van der Waals surface area contributed by atoms with Gasteiger partial charge in [0.05, 0.1) is 0 Å². The smallest absolute Gasteiger partial charge is 0.387 e. The number of hydrogen-bond donors (Lipinski definition) is 0. The summed E-state index contributed by atoms with van der Waals surface area (Å²) in [7, 11) is 0. The molecule has 144 valence electrons. The van der Waals surface area contributed by atoms with E-state index in [1.165, 1.54) is 18.2 Å². The average Bonchev–Trinajstić information content (AvgIpc) is 2.64. The molecule has 1 heterocycles. The standard InChI is InChI=1S/C19H18Cl2F2N2O2/c20-16-5-2-6-17(21)15(16)12-24-7-9-25(10-8-24)18(26)13-3-1-4-14(11-13)27-19(22)23/h1-6,11,19H,7-10,12H2. The highest BCUT2D eigenvalue weighted by Gasteiger charge is 2.23. The van der Waals surface area contributed by atoms with E-state index in [9.17, 15) is 13.6 Å². The monoisotopic (exact) mass is 414 g/mol. The van der Waals surface area contributed by atoms with Crippen LogP contribution < -0.4 is 4.74 Å². The number of amides is 1. The molecule has 27 heavy (non-hydrogen) atoms. The zero-order valence-corrected chi connectivity index (χ0v) is 15.9. The first kappa shape index (κ1) is 19.9. The van der Waals surface area contributed by atoms with Gasteiger partial charge >= 0.3 is 6.61 Å². The van der Waals surface area contributed by atoms with Gasteiger partial charge in [-0.2, -0.15) is 8.78 Å². The number of piperazine rings is 1. The van der Waals surface area contributed by atoms with Gasteiger partial charge in [-0.1, -0.05) is 35.3 Å². The molecule has 4 nitrogen and oxygen atoms in total. The third-order valence-corrected chi connectivity index (χ3v) is 5.12. The summed E-state index contributed by atoms with van der Waals surface area (Å²) in [5.41, 5.74) is 1.20. The Morgan fingerprint density at radius 3 is 2.30 bits per heavy atom. The van der Waals surface area contributed by atoms with Crippen LogP contribution in [0, 0.1) is 0 Å². The molecule has 1 saturated heterocycles. The number of carbonyl (C=O) groups is 1. The van der Waals surface area contributed by atoms with Crippen LogP contribution in [0.2, 0.25) is 10.0 Å². The van der Waals surface area contributed by atoms with Gasteiger partial charge < -0.3 is 9.64 Å². The lowest BCUT2D eigenvalue weighted by Gasteiger charge is -2.35. The summed E-state index contributed by atoms with van der Waals surface area (Å²) in [5.74, 6) is -0.229. The van der Waals surface area contributed by atoms with Crippen molar-refractivity contribution in [2.45, 2.75) is 13.2 Å². The summed E-state index contributed by atoms with van der Waals surface area (Å²) in [6, 6.07) is 11.3. The van der Waals surface area contributed by atoms with Crippen molar-refractivity contribution < 1.29 is 18.3 Å². The maximum absolute atomic E-state index is 12.6. The Bertz CT molecular complexity index is 792. The molecule has 1 amide bonds. The predicted molar refractivity (Wildman–Crippen MR) is 101 cm³/mol. The zero-order chi connectivity index (χ0) is 19.4. The SMILES string of the molecule is O=C(c1cccc(OC(F)F)c1)N1CCN(Cc2c(Cl)cccc2Cl)CC1. The summed E-state index contributed by atoms with van der Waals surface area (Å²) in [5, 5.41) is 1.24. The van der Waals surface area contributed by atoms with Gasteiger partial charge in [0.25, 0.3) is 5.91 Å². The fourth-order valence-corrected chi connectivity index (χ4v) is 3.52. The van der Waals surface area contributed by atoms with Gasteiger partial charge in [-0.3, -0.25) is 9.69 Å². The number of benzene rings is 2. The van der Waals surface area contributed by atoms with Crippen LogP contribution in [0.1, 0.15) is 15.9 Å². The molecular formula is C19H18Cl2F2N2O2. The van der Waals surface area contributed by atoms with Crippen molar-refractivity contribution in [2.75, 3.05) is 26.2 Å². The highest BCUT2D eigenvalue weighted by molar-refractivity contribution is 6.35. The van der Waals surface area contributed by atoms with E-state index in [4.69, 9.17) is 23.2 Å². The van der Waals surface area contributed by atoms with Gasteiger partial charge in [0, 0.05) is 53.9 Å². The minimum absolute atomic E-state index is 0.0251. The summed E-state index contributed by atoms with van der Waals surface area (Å²) in [6.45, 7) is 0.0801. The normalized spacial score (nSPS) is 15.2. The van der Waals surface area contributed by atoms with Crippen LogP contribution in [-0.2, 0) is 6.54 Å². The Labute approximate surface area is 166 Å². The Kier molecular flexibility index (Phi) is 6.52.